The molecule has 0 amide bonds. The Labute approximate surface area is 464 Å². The zero-order valence-corrected chi connectivity index (χ0v) is 57.7. The summed E-state index contributed by atoms with van der Waals surface area (Å²) in [5.41, 5.74) is 31.6. The topological polar surface area (TPSA) is 0 Å². The van der Waals surface area contributed by atoms with E-state index in [9.17, 15) is 0 Å². The van der Waals surface area contributed by atoms with Gasteiger partial charge in [-0.25, -0.2) is 0 Å². The van der Waals surface area contributed by atoms with E-state index >= 15 is 0 Å². The standard InChI is InChI=1S/2C30H37.2C5H9Si.2Sn/c2*1-19(2)25-14-10-15-26(20(3)4)29(25)23-12-9-13-24(18-23)30-27(21(5)6)16-11-17-28(30)22(7)8;2*1-5-6(2,3)4;;/h2*9-17,19-22H,1-8H3;2*2-4H3;;. The van der Waals surface area contributed by atoms with Gasteiger partial charge in [0.2, 0.25) is 0 Å². The fraction of sp³-hybridized carbons (Fsp3) is 0.429. The maximum absolute atomic E-state index is 4.64. The van der Waals surface area contributed by atoms with Crippen LogP contribution in [0.3, 0.4) is 0 Å². The first-order valence-corrected chi connectivity index (χ1v) is 52.0. The Kier molecular flexibility index (Phi) is 20.1. The molecule has 388 valence electrons. The Morgan fingerprint density at radius 1 is 0.270 bits per heavy atom. The zero-order chi connectivity index (χ0) is 54.7. The van der Waals surface area contributed by atoms with Crippen LogP contribution in [0.2, 0.25) is 39.3 Å². The van der Waals surface area contributed by atoms with E-state index in [0.29, 0.717) is 47.3 Å². The number of rotatable bonds is 14. The first-order valence-electron chi connectivity index (χ1n) is 28.3. The van der Waals surface area contributed by atoms with Crippen molar-refractivity contribution in [2.24, 2.45) is 0 Å². The van der Waals surface area contributed by atoms with Crippen molar-refractivity contribution >= 4 is 53.7 Å². The molecule has 0 N–H and O–H groups in total. The molecule has 0 aromatic heterocycles. The summed E-state index contributed by atoms with van der Waals surface area (Å²) in [6.45, 7) is 53.3. The van der Waals surface area contributed by atoms with Gasteiger partial charge in [0, 0.05) is 0 Å². The summed E-state index contributed by atoms with van der Waals surface area (Å²) in [4.78, 5) is 0. The van der Waals surface area contributed by atoms with E-state index in [1.807, 2.05) is 0 Å². The van der Waals surface area contributed by atoms with Gasteiger partial charge < -0.3 is 0 Å². The van der Waals surface area contributed by atoms with Gasteiger partial charge in [0.1, 0.15) is 0 Å². The predicted molar refractivity (Wildman–Crippen MR) is 340 cm³/mol. The molecule has 0 atom stereocenters. The van der Waals surface area contributed by atoms with Crippen LogP contribution in [0.1, 0.15) is 203 Å². The van der Waals surface area contributed by atoms with E-state index in [4.69, 9.17) is 0 Å². The van der Waals surface area contributed by atoms with Crippen molar-refractivity contribution in [2.45, 2.75) is 197 Å². The zero-order valence-electron chi connectivity index (χ0n) is 50.0. The van der Waals surface area contributed by atoms with Crippen LogP contribution >= 0.6 is 0 Å². The molecule has 0 aliphatic heterocycles. The van der Waals surface area contributed by atoms with Gasteiger partial charge in [-0.2, -0.15) is 0 Å². The molecule has 74 heavy (non-hydrogen) atoms. The van der Waals surface area contributed by atoms with E-state index in [2.05, 4.69) is 278 Å². The quantitative estimate of drug-likeness (QED) is 0.0753. The molecular weight excluding hydrogens is 1130 g/mol. The van der Waals surface area contributed by atoms with E-state index in [1.54, 1.807) is 7.16 Å². The normalized spacial score (nSPS) is 12.6. The summed E-state index contributed by atoms with van der Waals surface area (Å²) in [5, 5.41) is 0. The third-order valence-electron chi connectivity index (χ3n) is 14.6. The molecule has 0 aliphatic rings. The first-order chi connectivity index (χ1) is 34.7. The van der Waals surface area contributed by atoms with Crippen molar-refractivity contribution in [2.75, 3.05) is 0 Å². The Balaban J connectivity index is 2.16. The van der Waals surface area contributed by atoms with Gasteiger partial charge in [-0.15, -0.1) is 0 Å². The molecule has 0 aliphatic carbocycles. The monoisotopic (exact) mass is 1230 g/mol. The minimum absolute atomic E-state index is 0.343. The van der Waals surface area contributed by atoms with Gasteiger partial charge in [-0.1, -0.05) is 0 Å². The molecule has 0 nitrogen and oxygen atoms in total. The van der Waals surface area contributed by atoms with E-state index in [1.165, 1.54) is 89.0 Å². The minimum atomic E-state index is -3.49. The Morgan fingerprint density at radius 3 is 0.581 bits per heavy atom. The molecule has 6 aromatic carbocycles. The van der Waals surface area contributed by atoms with Crippen molar-refractivity contribution in [3.63, 3.8) is 0 Å². The molecule has 4 heteroatoms. The first kappa shape index (κ1) is 59.7. The summed E-state index contributed by atoms with van der Waals surface area (Å²) < 4.78 is 12.5. The average Bonchev–Trinajstić information content (AvgIpc) is 3.32. The van der Waals surface area contributed by atoms with Gasteiger partial charge in [0.05, 0.1) is 0 Å². The van der Waals surface area contributed by atoms with Crippen molar-refractivity contribution in [1.82, 2.24) is 0 Å². The van der Waals surface area contributed by atoms with Crippen molar-refractivity contribution in [3.8, 4) is 63.5 Å². The van der Waals surface area contributed by atoms with Gasteiger partial charge >= 0.3 is 468 Å². The van der Waals surface area contributed by atoms with Crippen LogP contribution < -0.4 is 7.16 Å². The molecule has 0 unspecified atom stereocenters. The van der Waals surface area contributed by atoms with Crippen molar-refractivity contribution < 1.29 is 0 Å². The Hall–Kier alpha value is -3.53. The molecule has 0 radical (unpaired) electrons. The van der Waals surface area contributed by atoms with Gasteiger partial charge in [0.15, 0.2) is 0 Å². The molecule has 0 bridgehead atoms. The SMILES string of the molecule is CC(C)c1cccc(C(C)C)c1-c1cccc(-c2c(C(C)C)cccc2C(C)C)[c]1[Sn]([C]#C[Si](C)(C)C)=[Sn]([C]#C[Si](C)(C)C)[c]1c(-c2c(C(C)C)cccc2C(C)C)cccc1-c1c(C(C)C)cccc1C(C)C. The average molecular weight is 1230 g/mol. The Morgan fingerprint density at radius 2 is 0.432 bits per heavy atom. The number of hydrogen-bond acceptors (Lipinski definition) is 0. The second-order valence-electron chi connectivity index (χ2n) is 25.7. The summed E-state index contributed by atoms with van der Waals surface area (Å²) in [5.74, 6) is 2.75. The number of benzene rings is 6. The molecule has 0 spiro atoms. The van der Waals surface area contributed by atoms with Crippen LogP contribution in [0.25, 0.3) is 44.5 Å². The summed E-state index contributed by atoms with van der Waals surface area (Å²) in [7, 11) is -3.88. The van der Waals surface area contributed by atoms with Crippen LogP contribution in [-0.4, -0.2) is 46.5 Å². The second-order valence-corrected chi connectivity index (χ2v) is 62.9. The molecule has 0 saturated carbocycles. The van der Waals surface area contributed by atoms with E-state index in [-0.39, 0.29) is 0 Å². The van der Waals surface area contributed by atoms with Crippen molar-refractivity contribution in [3.05, 3.63) is 154 Å². The molecule has 0 fully saturated rings. The third kappa shape index (κ3) is 13.4. The molecule has 0 saturated heterocycles. The van der Waals surface area contributed by atoms with E-state index in [0.717, 1.165) is 0 Å². The van der Waals surface area contributed by atoms with E-state index < -0.39 is 46.5 Å². The van der Waals surface area contributed by atoms with Gasteiger partial charge in [0.25, 0.3) is 0 Å². The molecule has 0 heterocycles. The Bertz CT molecular complexity index is 2670. The summed E-state index contributed by atoms with van der Waals surface area (Å²) in [6, 6.07) is 43.8. The van der Waals surface area contributed by atoms with Crippen LogP contribution in [0, 0.1) is 19.0 Å². The summed E-state index contributed by atoms with van der Waals surface area (Å²) in [6.07, 6.45) is 0. The number of hydrogen-bond donors (Lipinski definition) is 0. The van der Waals surface area contributed by atoms with Crippen LogP contribution in [0.5, 0.6) is 0 Å². The molecule has 6 aromatic rings. The van der Waals surface area contributed by atoms with Crippen LogP contribution in [0.15, 0.2) is 109 Å². The summed E-state index contributed by atoms with van der Waals surface area (Å²) >= 11 is -6.97. The fourth-order valence-electron chi connectivity index (χ4n) is 10.9. The van der Waals surface area contributed by atoms with Gasteiger partial charge in [-0.3, -0.25) is 0 Å². The predicted octanol–water partition coefficient (Wildman–Crippen LogP) is 19.4. The molecule has 6 rings (SSSR count). The van der Waals surface area contributed by atoms with Gasteiger partial charge in [-0.05, 0) is 0 Å². The van der Waals surface area contributed by atoms with Crippen molar-refractivity contribution in [1.29, 1.82) is 0 Å². The molecular formula is C70H92Si2Sn2. The second kappa shape index (κ2) is 24.9. The third-order valence-corrected chi connectivity index (χ3v) is 51.2. The van der Waals surface area contributed by atoms with Crippen LogP contribution in [0.4, 0.5) is 0 Å². The van der Waals surface area contributed by atoms with Crippen LogP contribution in [-0.2, 0) is 0 Å². The maximum atomic E-state index is 4.64. The fourth-order valence-corrected chi connectivity index (χ4v) is 60.6.